The molecular weight excluding hydrogens is 258 g/mol. The van der Waals surface area contributed by atoms with E-state index in [-0.39, 0.29) is 5.56 Å². The van der Waals surface area contributed by atoms with Crippen LogP contribution in [-0.2, 0) is 4.74 Å². The van der Waals surface area contributed by atoms with Crippen LogP contribution in [0.2, 0.25) is 0 Å². The minimum atomic E-state index is -0.981. The highest BCUT2D eigenvalue weighted by molar-refractivity contribution is 5.94. The van der Waals surface area contributed by atoms with Gasteiger partial charge in [-0.2, -0.15) is 5.10 Å². The van der Waals surface area contributed by atoms with Crippen molar-refractivity contribution >= 4 is 11.7 Å². The maximum Gasteiger partial charge on any atom is 0.339 e. The molecule has 2 heterocycles. The van der Waals surface area contributed by atoms with Gasteiger partial charge in [0, 0.05) is 24.3 Å². The smallest absolute Gasteiger partial charge is 0.339 e. The van der Waals surface area contributed by atoms with Crippen molar-refractivity contribution in [1.82, 2.24) is 10.2 Å². The first-order valence-corrected chi connectivity index (χ1v) is 6.45. The molecule has 0 radical (unpaired) electrons. The molecule has 1 saturated heterocycles. The van der Waals surface area contributed by atoms with Gasteiger partial charge in [0.25, 0.3) is 0 Å². The van der Waals surface area contributed by atoms with Gasteiger partial charge in [-0.25, -0.2) is 4.79 Å². The lowest BCUT2D eigenvalue weighted by atomic mass is 10.1. The number of rotatable bonds is 3. The second-order valence-electron chi connectivity index (χ2n) is 4.61. The number of aromatic amines is 1. The number of carboxylic acids is 1. The normalized spacial score (nSPS) is 15.3. The lowest BCUT2D eigenvalue weighted by Gasteiger charge is -2.28. The van der Waals surface area contributed by atoms with E-state index in [1.165, 1.54) is 6.20 Å². The minimum Gasteiger partial charge on any atom is -0.478 e. The van der Waals surface area contributed by atoms with Crippen molar-refractivity contribution in [3.63, 3.8) is 0 Å². The molecule has 3 rings (SSSR count). The number of nitrogens with one attached hydrogen (secondary N) is 1. The third-order valence-electron chi connectivity index (χ3n) is 3.40. The molecule has 1 aromatic carbocycles. The topological polar surface area (TPSA) is 78.4 Å². The van der Waals surface area contributed by atoms with E-state index in [0.29, 0.717) is 5.69 Å². The quantitative estimate of drug-likeness (QED) is 0.888. The molecule has 1 fully saturated rings. The minimum absolute atomic E-state index is 0.184. The number of nitrogens with zero attached hydrogens (tertiary/aromatic N) is 2. The van der Waals surface area contributed by atoms with E-state index in [9.17, 15) is 4.79 Å². The number of aromatic carboxylic acids is 1. The number of carboxylic acid groups (broad SMARTS) is 1. The molecule has 104 valence electrons. The monoisotopic (exact) mass is 273 g/mol. The molecule has 0 unspecified atom stereocenters. The average molecular weight is 273 g/mol. The molecule has 0 bridgehead atoms. The molecule has 2 aromatic rings. The van der Waals surface area contributed by atoms with Gasteiger partial charge in [-0.1, -0.05) is 12.1 Å². The zero-order valence-electron chi connectivity index (χ0n) is 10.9. The van der Waals surface area contributed by atoms with Crippen molar-refractivity contribution in [3.8, 4) is 11.3 Å². The number of morpholine rings is 1. The summed E-state index contributed by atoms with van der Waals surface area (Å²) in [4.78, 5) is 13.3. The molecule has 20 heavy (non-hydrogen) atoms. The SMILES string of the molecule is O=C(O)c1cn[nH]c1-c1ccc(N2CCOCC2)cc1. The molecule has 6 nitrogen and oxygen atoms in total. The average Bonchev–Trinajstić information content (AvgIpc) is 2.98. The van der Waals surface area contributed by atoms with Crippen LogP contribution in [0.25, 0.3) is 11.3 Å². The molecule has 0 saturated carbocycles. The Morgan fingerprint density at radius 2 is 1.95 bits per heavy atom. The fourth-order valence-corrected chi connectivity index (χ4v) is 2.33. The molecule has 0 amide bonds. The molecule has 2 N–H and O–H groups in total. The van der Waals surface area contributed by atoms with E-state index in [1.54, 1.807) is 0 Å². The summed E-state index contributed by atoms with van der Waals surface area (Å²) in [5.41, 5.74) is 2.65. The predicted molar refractivity (Wildman–Crippen MR) is 74.0 cm³/mol. The lowest BCUT2D eigenvalue weighted by molar-refractivity contribution is 0.0698. The van der Waals surface area contributed by atoms with E-state index in [1.807, 2.05) is 24.3 Å². The second-order valence-corrected chi connectivity index (χ2v) is 4.61. The van der Waals surface area contributed by atoms with Gasteiger partial charge in [-0.3, -0.25) is 5.10 Å². The number of hydrogen-bond acceptors (Lipinski definition) is 4. The summed E-state index contributed by atoms with van der Waals surface area (Å²) in [6.45, 7) is 3.24. The Kier molecular flexibility index (Phi) is 3.39. The van der Waals surface area contributed by atoms with Gasteiger partial charge in [-0.15, -0.1) is 0 Å². The van der Waals surface area contributed by atoms with Gasteiger partial charge in [0.15, 0.2) is 0 Å². The maximum absolute atomic E-state index is 11.1. The van der Waals surface area contributed by atoms with E-state index in [2.05, 4.69) is 15.1 Å². The first-order chi connectivity index (χ1) is 9.75. The van der Waals surface area contributed by atoms with Gasteiger partial charge < -0.3 is 14.7 Å². The summed E-state index contributed by atoms with van der Waals surface area (Å²) >= 11 is 0. The van der Waals surface area contributed by atoms with Crippen molar-refractivity contribution in [1.29, 1.82) is 0 Å². The summed E-state index contributed by atoms with van der Waals surface area (Å²) in [5, 5.41) is 15.6. The number of carbonyl (C=O) groups is 1. The molecule has 6 heteroatoms. The first-order valence-electron chi connectivity index (χ1n) is 6.45. The molecule has 0 atom stereocenters. The summed E-state index contributed by atoms with van der Waals surface area (Å²) < 4.78 is 5.33. The van der Waals surface area contributed by atoms with Gasteiger partial charge in [0.1, 0.15) is 5.56 Å². The number of hydrogen-bond donors (Lipinski definition) is 2. The van der Waals surface area contributed by atoms with Crippen LogP contribution < -0.4 is 4.90 Å². The summed E-state index contributed by atoms with van der Waals surface area (Å²) in [6, 6.07) is 7.80. The van der Waals surface area contributed by atoms with Crippen molar-refractivity contribution < 1.29 is 14.6 Å². The largest absolute Gasteiger partial charge is 0.478 e. The summed E-state index contributed by atoms with van der Waals surface area (Å²) in [6.07, 6.45) is 1.33. The van der Waals surface area contributed by atoms with Crippen LogP contribution in [-0.4, -0.2) is 47.6 Å². The molecule has 0 aliphatic carbocycles. The van der Waals surface area contributed by atoms with Crippen LogP contribution >= 0.6 is 0 Å². The highest BCUT2D eigenvalue weighted by Gasteiger charge is 2.15. The fraction of sp³-hybridized carbons (Fsp3) is 0.286. The molecule has 1 aliphatic heterocycles. The standard InChI is InChI=1S/C14H15N3O3/c18-14(19)12-9-15-16-13(12)10-1-3-11(4-2-10)17-5-7-20-8-6-17/h1-4,9H,5-8H2,(H,15,16)(H,18,19). The van der Waals surface area contributed by atoms with Gasteiger partial charge in [0.2, 0.25) is 0 Å². The zero-order chi connectivity index (χ0) is 13.9. The van der Waals surface area contributed by atoms with Crippen LogP contribution in [0, 0.1) is 0 Å². The van der Waals surface area contributed by atoms with Crippen LogP contribution in [0.15, 0.2) is 30.5 Å². The maximum atomic E-state index is 11.1. The van der Waals surface area contributed by atoms with Crippen LogP contribution in [0.5, 0.6) is 0 Å². The Balaban J connectivity index is 1.85. The second kappa shape index (κ2) is 5.34. The highest BCUT2D eigenvalue weighted by atomic mass is 16.5. The van der Waals surface area contributed by atoms with Gasteiger partial charge in [0.05, 0.1) is 25.1 Å². The Labute approximate surface area is 116 Å². The molecular formula is C14H15N3O3. The third kappa shape index (κ3) is 2.37. The molecule has 1 aliphatic rings. The first kappa shape index (κ1) is 12.7. The van der Waals surface area contributed by atoms with Crippen LogP contribution in [0.1, 0.15) is 10.4 Å². The Bertz CT molecular complexity index is 600. The lowest BCUT2D eigenvalue weighted by Crippen LogP contribution is -2.36. The summed E-state index contributed by atoms with van der Waals surface area (Å²) in [7, 11) is 0. The predicted octanol–water partition coefficient (Wildman–Crippen LogP) is 1.61. The number of benzene rings is 1. The third-order valence-corrected chi connectivity index (χ3v) is 3.40. The van der Waals surface area contributed by atoms with E-state index in [4.69, 9.17) is 9.84 Å². The Morgan fingerprint density at radius 3 is 2.60 bits per heavy atom. The van der Waals surface area contributed by atoms with Crippen molar-refractivity contribution in [2.45, 2.75) is 0 Å². The van der Waals surface area contributed by atoms with Crippen LogP contribution in [0.4, 0.5) is 5.69 Å². The summed E-state index contributed by atoms with van der Waals surface area (Å²) in [5.74, 6) is -0.981. The number of aromatic nitrogens is 2. The van der Waals surface area contributed by atoms with Gasteiger partial charge >= 0.3 is 5.97 Å². The van der Waals surface area contributed by atoms with E-state index in [0.717, 1.165) is 37.6 Å². The van der Waals surface area contributed by atoms with Crippen molar-refractivity contribution in [2.75, 3.05) is 31.2 Å². The fourth-order valence-electron chi connectivity index (χ4n) is 2.33. The Hall–Kier alpha value is -2.34. The zero-order valence-corrected chi connectivity index (χ0v) is 10.9. The van der Waals surface area contributed by atoms with Crippen molar-refractivity contribution in [3.05, 3.63) is 36.0 Å². The highest BCUT2D eigenvalue weighted by Crippen LogP contribution is 2.24. The van der Waals surface area contributed by atoms with E-state index >= 15 is 0 Å². The number of anilines is 1. The van der Waals surface area contributed by atoms with Crippen molar-refractivity contribution in [2.24, 2.45) is 0 Å². The number of H-pyrrole nitrogens is 1. The Morgan fingerprint density at radius 1 is 1.25 bits per heavy atom. The molecule has 0 spiro atoms. The van der Waals surface area contributed by atoms with Gasteiger partial charge in [-0.05, 0) is 12.1 Å². The number of ether oxygens (including phenoxy) is 1. The molecule has 1 aromatic heterocycles. The van der Waals surface area contributed by atoms with E-state index < -0.39 is 5.97 Å². The van der Waals surface area contributed by atoms with Crippen LogP contribution in [0.3, 0.4) is 0 Å².